The van der Waals surface area contributed by atoms with Crippen LogP contribution in [0, 0.1) is 0 Å². The van der Waals surface area contributed by atoms with E-state index in [-0.39, 0.29) is 45.2 Å². The molecule has 238 valence electrons. The van der Waals surface area contributed by atoms with Crippen LogP contribution in [0.4, 0.5) is 5.69 Å². The number of carbonyl (C=O) groups excluding carboxylic acids is 2. The Morgan fingerprint density at radius 3 is 2.13 bits per heavy atom. The molecular weight excluding hydrogens is 643 g/mol. The summed E-state index contributed by atoms with van der Waals surface area (Å²) in [5.74, 6) is -0.214. The SMILES string of the molecule is O=C(Nc1ccccc1C(=O)O)c1ccc(Oc2ccc3cc(OC4CCC(NC(=O)c5cc(Cl)nc(Cl)c5)CC4)ccc3c2)nc1. The Balaban J connectivity index is 1.01. The molecule has 6 rings (SSSR count). The number of aromatic carboxylic acids is 1. The highest BCUT2D eigenvalue weighted by molar-refractivity contribution is 6.33. The van der Waals surface area contributed by atoms with Gasteiger partial charge in [0.1, 0.15) is 21.8 Å². The second-order valence-corrected chi connectivity index (χ2v) is 11.8. The summed E-state index contributed by atoms with van der Waals surface area (Å²) in [6, 6.07) is 23.9. The van der Waals surface area contributed by atoms with E-state index >= 15 is 0 Å². The van der Waals surface area contributed by atoms with Gasteiger partial charge in [0.15, 0.2) is 0 Å². The van der Waals surface area contributed by atoms with Crippen molar-refractivity contribution >= 4 is 57.4 Å². The third-order valence-corrected chi connectivity index (χ3v) is 8.13. The number of carbonyl (C=O) groups is 3. The Morgan fingerprint density at radius 1 is 0.766 bits per heavy atom. The normalized spacial score (nSPS) is 15.9. The minimum absolute atomic E-state index is 0.00549. The van der Waals surface area contributed by atoms with E-state index in [0.717, 1.165) is 42.2 Å². The number of nitrogens with zero attached hydrogens (tertiary/aromatic N) is 2. The number of carboxylic acids is 1. The molecule has 0 spiro atoms. The quantitative estimate of drug-likeness (QED) is 0.135. The highest BCUT2D eigenvalue weighted by Gasteiger charge is 2.24. The largest absolute Gasteiger partial charge is 0.490 e. The molecule has 5 aromatic rings. The molecule has 1 fully saturated rings. The van der Waals surface area contributed by atoms with Gasteiger partial charge in [0.25, 0.3) is 11.8 Å². The molecule has 0 aliphatic heterocycles. The lowest BCUT2D eigenvalue weighted by Crippen LogP contribution is -2.39. The highest BCUT2D eigenvalue weighted by atomic mass is 35.5. The average molecular weight is 672 g/mol. The summed E-state index contributed by atoms with van der Waals surface area (Å²) in [4.78, 5) is 44.8. The molecule has 1 aliphatic carbocycles. The molecule has 10 nitrogen and oxygen atoms in total. The van der Waals surface area contributed by atoms with Crippen LogP contribution in [0.15, 0.2) is 91.1 Å². The first-order chi connectivity index (χ1) is 22.7. The third-order valence-electron chi connectivity index (χ3n) is 7.75. The third kappa shape index (κ3) is 7.97. The second-order valence-electron chi connectivity index (χ2n) is 11.0. The minimum Gasteiger partial charge on any atom is -0.490 e. The van der Waals surface area contributed by atoms with Gasteiger partial charge in [-0.25, -0.2) is 14.8 Å². The maximum absolute atomic E-state index is 12.7. The van der Waals surface area contributed by atoms with Gasteiger partial charge in [-0.2, -0.15) is 0 Å². The van der Waals surface area contributed by atoms with Crippen LogP contribution in [-0.2, 0) is 0 Å². The molecule has 12 heteroatoms. The lowest BCUT2D eigenvalue weighted by atomic mass is 9.92. The molecule has 0 bridgehead atoms. The number of hydrogen-bond acceptors (Lipinski definition) is 7. The molecule has 1 aliphatic rings. The lowest BCUT2D eigenvalue weighted by molar-refractivity contribution is 0.0697. The van der Waals surface area contributed by atoms with E-state index in [4.69, 9.17) is 32.7 Å². The topological polar surface area (TPSA) is 140 Å². The molecule has 2 aromatic heterocycles. The molecule has 0 unspecified atom stereocenters. The summed E-state index contributed by atoms with van der Waals surface area (Å²) >= 11 is 11.9. The van der Waals surface area contributed by atoms with Crippen LogP contribution in [-0.4, -0.2) is 45.0 Å². The number of carboxylic acid groups (broad SMARTS) is 1. The Bertz CT molecular complexity index is 1940. The van der Waals surface area contributed by atoms with Crippen molar-refractivity contribution < 1.29 is 29.0 Å². The van der Waals surface area contributed by atoms with Crippen LogP contribution < -0.4 is 20.1 Å². The van der Waals surface area contributed by atoms with E-state index in [0.29, 0.717) is 17.2 Å². The number of anilines is 1. The Kier molecular flexibility index (Phi) is 9.51. The fourth-order valence-electron chi connectivity index (χ4n) is 5.39. The van der Waals surface area contributed by atoms with Gasteiger partial charge >= 0.3 is 5.97 Å². The zero-order valence-electron chi connectivity index (χ0n) is 24.8. The standard InChI is InChI=1S/C35H28Cl2N4O6/c36-30-17-23(18-31(37)41-30)34(43)39-24-8-12-25(13-9-24)46-26-10-5-21-16-27(11-6-20(21)15-26)47-32-14-7-22(19-38-32)33(42)40-29-4-2-1-3-28(29)35(44)45/h1-7,10-11,14-19,24-25H,8-9,12-13H2,(H,39,43)(H,40,42)(H,44,45). The van der Waals surface area contributed by atoms with E-state index in [9.17, 15) is 19.5 Å². The van der Waals surface area contributed by atoms with Crippen molar-refractivity contribution in [2.45, 2.75) is 37.8 Å². The number of aromatic nitrogens is 2. The predicted octanol–water partition coefficient (Wildman–Crippen LogP) is 7.80. The fourth-order valence-corrected chi connectivity index (χ4v) is 5.85. The number of nitrogens with one attached hydrogen (secondary N) is 2. The molecule has 3 N–H and O–H groups in total. The number of pyridine rings is 2. The van der Waals surface area contributed by atoms with Crippen LogP contribution in [0.5, 0.6) is 17.4 Å². The first kappa shape index (κ1) is 31.8. The van der Waals surface area contributed by atoms with E-state index in [1.807, 2.05) is 36.4 Å². The smallest absolute Gasteiger partial charge is 0.337 e. The number of amides is 2. The number of halogens is 2. The summed E-state index contributed by atoms with van der Waals surface area (Å²) in [6.07, 6.45) is 4.59. The van der Waals surface area contributed by atoms with Crippen LogP contribution in [0.3, 0.4) is 0 Å². The van der Waals surface area contributed by atoms with Crippen molar-refractivity contribution in [3.63, 3.8) is 0 Å². The predicted molar refractivity (Wildman–Crippen MR) is 178 cm³/mol. The minimum atomic E-state index is -1.13. The zero-order chi connectivity index (χ0) is 32.9. The van der Waals surface area contributed by atoms with Gasteiger partial charge in [0.2, 0.25) is 5.88 Å². The van der Waals surface area contributed by atoms with Crippen LogP contribution in [0.25, 0.3) is 10.8 Å². The molecule has 3 aromatic carbocycles. The van der Waals surface area contributed by atoms with Gasteiger partial charge in [-0.1, -0.05) is 47.5 Å². The van der Waals surface area contributed by atoms with E-state index in [2.05, 4.69) is 20.6 Å². The molecule has 47 heavy (non-hydrogen) atoms. The molecule has 2 amide bonds. The second kappa shape index (κ2) is 14.1. The Labute approximate surface area is 279 Å². The van der Waals surface area contributed by atoms with Gasteiger partial charge in [-0.3, -0.25) is 9.59 Å². The first-order valence-electron chi connectivity index (χ1n) is 14.8. The number of para-hydroxylation sites is 1. The maximum Gasteiger partial charge on any atom is 0.337 e. The van der Waals surface area contributed by atoms with E-state index < -0.39 is 11.9 Å². The van der Waals surface area contributed by atoms with Gasteiger partial charge in [0.05, 0.1) is 22.9 Å². The lowest BCUT2D eigenvalue weighted by Gasteiger charge is -2.29. The van der Waals surface area contributed by atoms with Gasteiger partial charge < -0.3 is 25.2 Å². The van der Waals surface area contributed by atoms with Crippen molar-refractivity contribution in [2.24, 2.45) is 0 Å². The average Bonchev–Trinajstić information content (AvgIpc) is 3.05. The summed E-state index contributed by atoms with van der Waals surface area (Å²) in [5, 5.41) is 17.3. The van der Waals surface area contributed by atoms with Gasteiger partial charge in [-0.05, 0) is 91.1 Å². The highest BCUT2D eigenvalue weighted by Crippen LogP contribution is 2.30. The van der Waals surface area contributed by atoms with Crippen LogP contribution >= 0.6 is 23.2 Å². The van der Waals surface area contributed by atoms with Gasteiger partial charge in [0, 0.05) is 23.9 Å². The van der Waals surface area contributed by atoms with E-state index in [1.165, 1.54) is 30.5 Å². The van der Waals surface area contributed by atoms with Crippen molar-refractivity contribution in [1.82, 2.24) is 15.3 Å². The Morgan fingerprint density at radius 2 is 1.45 bits per heavy atom. The van der Waals surface area contributed by atoms with Gasteiger partial charge in [-0.15, -0.1) is 0 Å². The monoisotopic (exact) mass is 670 g/mol. The summed E-state index contributed by atoms with van der Waals surface area (Å²) in [6.45, 7) is 0. The van der Waals surface area contributed by atoms with Crippen molar-refractivity contribution in [2.75, 3.05) is 5.32 Å². The first-order valence-corrected chi connectivity index (χ1v) is 15.6. The van der Waals surface area contributed by atoms with Crippen molar-refractivity contribution in [1.29, 1.82) is 0 Å². The van der Waals surface area contributed by atoms with E-state index in [1.54, 1.807) is 24.3 Å². The molecule has 0 atom stereocenters. The summed E-state index contributed by atoms with van der Waals surface area (Å²) in [7, 11) is 0. The molecule has 0 radical (unpaired) electrons. The molecule has 1 saturated carbocycles. The number of ether oxygens (including phenoxy) is 2. The number of rotatable bonds is 9. The molecule has 2 heterocycles. The maximum atomic E-state index is 12.7. The van der Waals surface area contributed by atoms with Crippen LogP contribution in [0.2, 0.25) is 10.3 Å². The van der Waals surface area contributed by atoms with Crippen molar-refractivity contribution in [3.05, 3.63) is 118 Å². The molecular formula is C35H28Cl2N4O6. The van der Waals surface area contributed by atoms with Crippen molar-refractivity contribution in [3.8, 4) is 17.4 Å². The fraction of sp³-hybridized carbons (Fsp3) is 0.171. The number of fused-ring (bicyclic) bond motifs is 1. The zero-order valence-corrected chi connectivity index (χ0v) is 26.3. The van der Waals surface area contributed by atoms with Crippen LogP contribution in [0.1, 0.15) is 56.8 Å². The Hall–Kier alpha value is -5.19. The number of hydrogen-bond donors (Lipinski definition) is 3. The summed E-state index contributed by atoms with van der Waals surface area (Å²) in [5.41, 5.74) is 0.828. The number of benzene rings is 3. The summed E-state index contributed by atoms with van der Waals surface area (Å²) < 4.78 is 12.2. The molecule has 0 saturated heterocycles.